The first-order valence-corrected chi connectivity index (χ1v) is 6.21. The van der Waals surface area contributed by atoms with Crippen LogP contribution in [0.2, 0.25) is 0 Å². The van der Waals surface area contributed by atoms with E-state index in [0.717, 1.165) is 14.2 Å². The van der Waals surface area contributed by atoms with E-state index in [0.29, 0.717) is 6.61 Å². The van der Waals surface area contributed by atoms with Crippen molar-refractivity contribution in [1.29, 1.82) is 0 Å². The van der Waals surface area contributed by atoms with Gasteiger partial charge in [-0.3, -0.25) is 4.79 Å². The maximum absolute atomic E-state index is 11.7. The summed E-state index contributed by atoms with van der Waals surface area (Å²) in [7, 11) is 1.62. The Morgan fingerprint density at radius 2 is 2.40 bits per heavy atom. The van der Waals surface area contributed by atoms with E-state index in [1.807, 2.05) is 19.9 Å². The summed E-state index contributed by atoms with van der Waals surface area (Å²) in [6, 6.07) is 1.91. The van der Waals surface area contributed by atoms with Crippen LogP contribution in [0.15, 0.2) is 9.85 Å². The number of carbonyl (C=O) groups excluding carboxylic acids is 1. The van der Waals surface area contributed by atoms with Crippen LogP contribution in [0.5, 0.6) is 0 Å². The van der Waals surface area contributed by atoms with Gasteiger partial charge in [0.25, 0.3) is 5.91 Å². The second-order valence-electron chi connectivity index (χ2n) is 3.40. The fourth-order valence-corrected chi connectivity index (χ4v) is 2.60. The van der Waals surface area contributed by atoms with Gasteiger partial charge in [-0.1, -0.05) is 0 Å². The summed E-state index contributed by atoms with van der Waals surface area (Å²) in [5, 5.41) is 2.86. The molecule has 15 heavy (non-hydrogen) atoms. The second-order valence-corrected chi connectivity index (χ2v) is 5.77. The van der Waals surface area contributed by atoms with Crippen LogP contribution < -0.4 is 5.32 Å². The Balaban J connectivity index is 2.61. The average Bonchev–Trinajstić information content (AvgIpc) is 2.47. The highest BCUT2D eigenvalue weighted by Crippen LogP contribution is 2.27. The quantitative estimate of drug-likeness (QED) is 0.926. The van der Waals surface area contributed by atoms with Gasteiger partial charge in [0.15, 0.2) is 0 Å². The van der Waals surface area contributed by atoms with Crippen LogP contribution in [-0.2, 0) is 4.74 Å². The van der Waals surface area contributed by atoms with Crippen LogP contribution in [0.25, 0.3) is 0 Å². The molecule has 0 saturated heterocycles. The van der Waals surface area contributed by atoms with E-state index in [1.165, 1.54) is 11.3 Å². The molecule has 3 nitrogen and oxygen atoms in total. The Labute approximate surface area is 102 Å². The molecule has 0 bridgehead atoms. The predicted octanol–water partition coefficient (Wildman–Crippen LogP) is 2.58. The molecular formula is C10H14BrNO2S. The molecule has 0 fully saturated rings. The number of halogens is 1. The van der Waals surface area contributed by atoms with Gasteiger partial charge in [0.05, 0.1) is 15.3 Å². The highest BCUT2D eigenvalue weighted by molar-refractivity contribution is 9.11. The van der Waals surface area contributed by atoms with Crippen LogP contribution in [-0.4, -0.2) is 25.7 Å². The van der Waals surface area contributed by atoms with E-state index >= 15 is 0 Å². The Kier molecular flexibility index (Phi) is 4.76. The lowest BCUT2D eigenvalue weighted by Gasteiger charge is -2.11. The first-order valence-electron chi connectivity index (χ1n) is 4.60. The lowest BCUT2D eigenvalue weighted by atomic mass is 10.3. The highest BCUT2D eigenvalue weighted by atomic mass is 79.9. The van der Waals surface area contributed by atoms with Crippen molar-refractivity contribution in [2.45, 2.75) is 19.9 Å². The molecule has 1 heterocycles. The van der Waals surface area contributed by atoms with Gasteiger partial charge in [0, 0.05) is 13.2 Å². The molecule has 0 aliphatic rings. The SMILES string of the molecule is COCC(C)NC(=O)c1cc(C)c(Br)s1. The maximum atomic E-state index is 11.7. The molecule has 0 aliphatic carbocycles. The van der Waals surface area contributed by atoms with E-state index in [1.54, 1.807) is 7.11 Å². The Morgan fingerprint density at radius 1 is 1.73 bits per heavy atom. The number of hydrogen-bond donors (Lipinski definition) is 1. The summed E-state index contributed by atoms with van der Waals surface area (Å²) in [5.41, 5.74) is 1.09. The molecule has 0 radical (unpaired) electrons. The molecule has 1 rings (SSSR count). The van der Waals surface area contributed by atoms with Crippen molar-refractivity contribution in [3.05, 3.63) is 20.3 Å². The monoisotopic (exact) mass is 291 g/mol. The number of rotatable bonds is 4. The molecule has 1 amide bonds. The Bertz CT molecular complexity index is 332. The fraction of sp³-hybridized carbons (Fsp3) is 0.500. The Hall–Kier alpha value is -0.390. The first-order chi connectivity index (χ1) is 7.04. The second kappa shape index (κ2) is 5.63. The molecule has 0 spiro atoms. The van der Waals surface area contributed by atoms with E-state index in [-0.39, 0.29) is 11.9 Å². The first kappa shape index (κ1) is 12.7. The molecule has 0 saturated carbocycles. The standard InChI is InChI=1S/C10H14BrNO2S/c1-6-4-8(15-9(6)11)10(13)12-7(2)5-14-3/h4,7H,5H2,1-3H3,(H,12,13). The number of ether oxygens (including phenoxy) is 1. The van der Waals surface area contributed by atoms with E-state index in [9.17, 15) is 4.79 Å². The number of methoxy groups -OCH3 is 1. The molecule has 1 unspecified atom stereocenters. The smallest absolute Gasteiger partial charge is 0.261 e. The van der Waals surface area contributed by atoms with E-state index in [2.05, 4.69) is 21.2 Å². The van der Waals surface area contributed by atoms with Crippen molar-refractivity contribution >= 4 is 33.2 Å². The average molecular weight is 292 g/mol. The summed E-state index contributed by atoms with van der Waals surface area (Å²) in [4.78, 5) is 12.4. The number of thiophene rings is 1. The van der Waals surface area contributed by atoms with Crippen LogP contribution >= 0.6 is 27.3 Å². The van der Waals surface area contributed by atoms with Crippen LogP contribution in [0.4, 0.5) is 0 Å². The lowest BCUT2D eigenvalue weighted by Crippen LogP contribution is -2.35. The van der Waals surface area contributed by atoms with Crippen LogP contribution in [0.3, 0.4) is 0 Å². The topological polar surface area (TPSA) is 38.3 Å². The van der Waals surface area contributed by atoms with Gasteiger partial charge in [-0.05, 0) is 41.4 Å². The lowest BCUT2D eigenvalue weighted by molar-refractivity contribution is 0.0909. The van der Waals surface area contributed by atoms with Gasteiger partial charge < -0.3 is 10.1 Å². The molecule has 0 aliphatic heterocycles. The molecule has 1 atom stereocenters. The van der Waals surface area contributed by atoms with Crippen LogP contribution in [0, 0.1) is 6.92 Å². The number of hydrogen-bond acceptors (Lipinski definition) is 3. The molecular weight excluding hydrogens is 278 g/mol. The van der Waals surface area contributed by atoms with Crippen molar-refractivity contribution in [3.63, 3.8) is 0 Å². The summed E-state index contributed by atoms with van der Waals surface area (Å²) >= 11 is 4.84. The number of carbonyl (C=O) groups is 1. The number of nitrogens with one attached hydrogen (secondary N) is 1. The summed E-state index contributed by atoms with van der Waals surface area (Å²) in [6.45, 7) is 4.41. The molecule has 0 aromatic carbocycles. The van der Waals surface area contributed by atoms with Crippen molar-refractivity contribution in [2.24, 2.45) is 0 Å². The third-order valence-electron chi connectivity index (χ3n) is 1.88. The molecule has 5 heteroatoms. The minimum atomic E-state index is -0.0432. The van der Waals surface area contributed by atoms with Gasteiger partial charge in [-0.25, -0.2) is 0 Å². The third-order valence-corrected chi connectivity index (χ3v) is 4.01. The summed E-state index contributed by atoms with van der Waals surface area (Å²) in [6.07, 6.45) is 0. The van der Waals surface area contributed by atoms with Gasteiger partial charge in [-0.15, -0.1) is 11.3 Å². The minimum Gasteiger partial charge on any atom is -0.383 e. The van der Waals surface area contributed by atoms with Crippen molar-refractivity contribution in [3.8, 4) is 0 Å². The van der Waals surface area contributed by atoms with Crippen molar-refractivity contribution in [2.75, 3.05) is 13.7 Å². The van der Waals surface area contributed by atoms with Gasteiger partial charge in [-0.2, -0.15) is 0 Å². The predicted molar refractivity (Wildman–Crippen MR) is 65.6 cm³/mol. The van der Waals surface area contributed by atoms with Crippen molar-refractivity contribution in [1.82, 2.24) is 5.32 Å². The zero-order valence-corrected chi connectivity index (χ0v) is 11.4. The summed E-state index contributed by atoms with van der Waals surface area (Å²) < 4.78 is 5.96. The normalized spacial score (nSPS) is 12.5. The number of aryl methyl sites for hydroxylation is 1. The fourth-order valence-electron chi connectivity index (χ4n) is 1.16. The Morgan fingerprint density at radius 3 is 2.87 bits per heavy atom. The van der Waals surface area contributed by atoms with E-state index < -0.39 is 0 Å². The minimum absolute atomic E-state index is 0.0312. The van der Waals surface area contributed by atoms with E-state index in [4.69, 9.17) is 4.74 Å². The molecule has 1 N–H and O–H groups in total. The van der Waals surface area contributed by atoms with Gasteiger partial charge >= 0.3 is 0 Å². The zero-order valence-electron chi connectivity index (χ0n) is 8.96. The zero-order chi connectivity index (χ0) is 11.4. The van der Waals surface area contributed by atoms with Gasteiger partial charge in [0.1, 0.15) is 0 Å². The molecule has 84 valence electrons. The van der Waals surface area contributed by atoms with Gasteiger partial charge in [0.2, 0.25) is 0 Å². The highest BCUT2D eigenvalue weighted by Gasteiger charge is 2.13. The van der Waals surface area contributed by atoms with Crippen molar-refractivity contribution < 1.29 is 9.53 Å². The summed E-state index contributed by atoms with van der Waals surface area (Å²) in [5.74, 6) is -0.0432. The molecule has 1 aromatic rings. The third kappa shape index (κ3) is 3.59. The van der Waals surface area contributed by atoms with Crippen LogP contribution in [0.1, 0.15) is 22.2 Å². The number of amides is 1. The largest absolute Gasteiger partial charge is 0.383 e. The molecule has 1 aromatic heterocycles. The maximum Gasteiger partial charge on any atom is 0.261 e.